The predicted molar refractivity (Wildman–Crippen MR) is 79.2 cm³/mol. The highest BCUT2D eigenvalue weighted by molar-refractivity contribution is 7.24. The van der Waals surface area contributed by atoms with Gasteiger partial charge < -0.3 is 9.47 Å². The minimum atomic E-state index is -2.95. The molecule has 0 aromatic heterocycles. The molecule has 0 saturated carbocycles. The Morgan fingerprint density at radius 1 is 0.842 bits per heavy atom. The smallest absolute Gasteiger partial charge is 0.316 e. The highest BCUT2D eigenvalue weighted by atomic mass is 28.3. The Labute approximate surface area is 117 Å². The maximum absolute atomic E-state index is 12.5. The first-order valence-electron chi connectivity index (χ1n) is 7.19. The molecule has 0 aliphatic heterocycles. The van der Waals surface area contributed by atoms with E-state index in [9.17, 15) is 9.59 Å². The molecule has 0 aromatic carbocycles. The van der Waals surface area contributed by atoms with E-state index in [2.05, 4.69) is 0 Å². The van der Waals surface area contributed by atoms with Gasteiger partial charge in [0.05, 0.1) is 13.2 Å². The van der Waals surface area contributed by atoms with E-state index in [1.807, 2.05) is 41.5 Å². The number of carbonyl (C=O) groups excluding carboxylic acids is 2. The van der Waals surface area contributed by atoms with Crippen LogP contribution in [0.25, 0.3) is 0 Å². The van der Waals surface area contributed by atoms with Gasteiger partial charge in [-0.15, -0.1) is 0 Å². The molecule has 0 atom stereocenters. The molecule has 19 heavy (non-hydrogen) atoms. The number of rotatable bonds is 8. The molecule has 0 rings (SSSR count). The van der Waals surface area contributed by atoms with Crippen LogP contribution < -0.4 is 0 Å². The Bertz CT molecular complexity index is 270. The Morgan fingerprint density at radius 3 is 1.37 bits per heavy atom. The number of hydrogen-bond acceptors (Lipinski definition) is 4. The maximum atomic E-state index is 12.5. The third kappa shape index (κ3) is 4.06. The summed E-state index contributed by atoms with van der Waals surface area (Å²) < 4.78 is 10.6. The van der Waals surface area contributed by atoms with E-state index in [4.69, 9.17) is 9.47 Å². The zero-order valence-corrected chi connectivity index (χ0v) is 14.1. The van der Waals surface area contributed by atoms with E-state index < -0.39 is 8.07 Å². The largest absolute Gasteiger partial charge is 0.470 e. The van der Waals surface area contributed by atoms with Crippen LogP contribution in [0.4, 0.5) is 9.59 Å². The zero-order chi connectivity index (χ0) is 15.1. The third-order valence-electron chi connectivity index (χ3n) is 3.37. The van der Waals surface area contributed by atoms with Crippen LogP contribution in [0.5, 0.6) is 0 Å². The second kappa shape index (κ2) is 8.35. The summed E-state index contributed by atoms with van der Waals surface area (Å²) in [5.74, 6) is 0. The number of carbonyl (C=O) groups is 2. The van der Waals surface area contributed by atoms with Crippen molar-refractivity contribution in [3.8, 4) is 0 Å². The van der Waals surface area contributed by atoms with Crippen molar-refractivity contribution in [2.45, 2.75) is 65.5 Å². The molecule has 0 bridgehead atoms. The van der Waals surface area contributed by atoms with Gasteiger partial charge in [0.25, 0.3) is 11.2 Å². The normalized spacial score (nSPS) is 11.8. The molecule has 0 radical (unpaired) electrons. The third-order valence-corrected chi connectivity index (χ3v) is 8.65. The summed E-state index contributed by atoms with van der Waals surface area (Å²) in [5, 5.41) is 0. The fraction of sp³-hybridized carbons (Fsp3) is 0.857. The number of ether oxygens (including phenoxy) is 2. The van der Waals surface area contributed by atoms with Gasteiger partial charge in [0.2, 0.25) is 0 Å². The van der Waals surface area contributed by atoms with Crippen LogP contribution in [0.15, 0.2) is 0 Å². The van der Waals surface area contributed by atoms with Gasteiger partial charge in [-0.2, -0.15) is 0 Å². The summed E-state index contributed by atoms with van der Waals surface area (Å²) in [6, 6.07) is 0. The number of hydrogen-bond donors (Lipinski definition) is 0. The topological polar surface area (TPSA) is 52.6 Å². The minimum absolute atomic E-state index is 0.0267. The van der Waals surface area contributed by atoms with Crippen LogP contribution in [0, 0.1) is 0 Å². The molecule has 0 aliphatic carbocycles. The van der Waals surface area contributed by atoms with E-state index >= 15 is 0 Å². The highest BCUT2D eigenvalue weighted by Gasteiger charge is 2.58. The summed E-state index contributed by atoms with van der Waals surface area (Å²) in [4.78, 5) is 24.9. The van der Waals surface area contributed by atoms with E-state index in [-0.39, 0.29) is 22.3 Å². The van der Waals surface area contributed by atoms with E-state index in [1.54, 1.807) is 0 Å². The van der Waals surface area contributed by atoms with Crippen molar-refractivity contribution in [1.29, 1.82) is 0 Å². The van der Waals surface area contributed by atoms with Gasteiger partial charge in [-0.3, -0.25) is 9.59 Å². The molecule has 0 aromatic rings. The van der Waals surface area contributed by atoms with Gasteiger partial charge in [0.1, 0.15) is 0 Å². The Hall–Kier alpha value is -0.843. The molecule has 0 N–H and O–H groups in total. The van der Waals surface area contributed by atoms with E-state index in [0.717, 1.165) is 12.8 Å². The van der Waals surface area contributed by atoms with Crippen molar-refractivity contribution in [1.82, 2.24) is 0 Å². The van der Waals surface area contributed by atoms with Gasteiger partial charge in [0.15, 0.2) is 0 Å². The molecule has 112 valence electrons. The van der Waals surface area contributed by atoms with Crippen LogP contribution in [0.2, 0.25) is 11.1 Å². The lowest BCUT2D eigenvalue weighted by Gasteiger charge is -2.33. The average molecular weight is 288 g/mol. The Kier molecular flexibility index (Phi) is 7.98. The van der Waals surface area contributed by atoms with Crippen molar-refractivity contribution in [3.05, 3.63) is 0 Å². The molecule has 0 amide bonds. The summed E-state index contributed by atoms with van der Waals surface area (Å²) in [6.07, 6.45) is 1.52. The summed E-state index contributed by atoms with van der Waals surface area (Å²) in [7, 11) is -2.95. The summed E-state index contributed by atoms with van der Waals surface area (Å²) in [6.45, 7) is 12.3. The molecular formula is C14H28O4Si. The monoisotopic (exact) mass is 288 g/mol. The molecular weight excluding hydrogens is 260 g/mol. The molecule has 0 spiro atoms. The average Bonchev–Trinajstić information content (AvgIpc) is 2.33. The Morgan fingerprint density at radius 2 is 1.16 bits per heavy atom. The highest BCUT2D eigenvalue weighted by Crippen LogP contribution is 2.35. The molecule has 0 saturated heterocycles. The van der Waals surface area contributed by atoms with Crippen LogP contribution in [-0.4, -0.2) is 32.5 Å². The lowest BCUT2D eigenvalue weighted by Crippen LogP contribution is -2.58. The molecule has 0 heterocycles. The lowest BCUT2D eigenvalue weighted by molar-refractivity contribution is 0.159. The second-order valence-corrected chi connectivity index (χ2v) is 10.3. The molecule has 5 heteroatoms. The van der Waals surface area contributed by atoms with Crippen molar-refractivity contribution >= 4 is 19.3 Å². The summed E-state index contributed by atoms with van der Waals surface area (Å²) >= 11 is 0. The standard InChI is InChI=1S/C14H28O4Si/c1-7-9-17-13(15)19(11(3)4,12(5)6)14(16)18-10-8-2/h11-12H,7-10H2,1-6H3. The van der Waals surface area contributed by atoms with Crippen LogP contribution in [0.3, 0.4) is 0 Å². The van der Waals surface area contributed by atoms with Crippen molar-refractivity contribution in [2.24, 2.45) is 0 Å². The first-order valence-corrected chi connectivity index (χ1v) is 9.35. The van der Waals surface area contributed by atoms with Gasteiger partial charge in [-0.25, -0.2) is 0 Å². The first-order chi connectivity index (χ1) is 8.85. The first kappa shape index (κ1) is 18.2. The lowest BCUT2D eigenvalue weighted by atomic mass is 10.5. The molecule has 0 unspecified atom stereocenters. The fourth-order valence-electron chi connectivity index (χ4n) is 2.32. The molecule has 0 aliphatic rings. The van der Waals surface area contributed by atoms with Gasteiger partial charge in [-0.1, -0.05) is 41.5 Å². The Balaban J connectivity index is 5.30. The molecule has 4 nitrogen and oxygen atoms in total. The van der Waals surface area contributed by atoms with Gasteiger partial charge in [-0.05, 0) is 23.9 Å². The quantitative estimate of drug-likeness (QED) is 0.616. The van der Waals surface area contributed by atoms with Crippen LogP contribution >= 0.6 is 0 Å². The minimum Gasteiger partial charge on any atom is -0.470 e. The molecule has 0 fully saturated rings. The van der Waals surface area contributed by atoms with Crippen LogP contribution in [-0.2, 0) is 9.47 Å². The van der Waals surface area contributed by atoms with Gasteiger partial charge >= 0.3 is 8.07 Å². The van der Waals surface area contributed by atoms with Gasteiger partial charge in [0, 0.05) is 0 Å². The zero-order valence-electron chi connectivity index (χ0n) is 13.1. The van der Waals surface area contributed by atoms with E-state index in [0.29, 0.717) is 13.2 Å². The predicted octanol–water partition coefficient (Wildman–Crippen LogP) is 4.51. The summed E-state index contributed by atoms with van der Waals surface area (Å²) in [5.41, 5.74) is -0.691. The maximum Gasteiger partial charge on any atom is 0.316 e. The van der Waals surface area contributed by atoms with E-state index in [1.165, 1.54) is 0 Å². The van der Waals surface area contributed by atoms with Crippen LogP contribution in [0.1, 0.15) is 54.4 Å². The fourth-order valence-corrected chi connectivity index (χ4v) is 6.39. The van der Waals surface area contributed by atoms with Crippen molar-refractivity contribution in [3.63, 3.8) is 0 Å². The van der Waals surface area contributed by atoms with Crippen molar-refractivity contribution in [2.75, 3.05) is 13.2 Å². The second-order valence-electron chi connectivity index (χ2n) is 5.45. The van der Waals surface area contributed by atoms with Crippen molar-refractivity contribution < 1.29 is 19.1 Å². The SMILES string of the molecule is CCCOC(=O)[Si](C(=O)OCCC)(C(C)C)C(C)C.